The topological polar surface area (TPSA) is 38.8 Å². The molecule has 9 heteroatoms. The number of morpholine rings is 1. The first-order valence-corrected chi connectivity index (χ1v) is 3.76. The SMILES string of the molecule is O=C(ON1CCOC(F)(F)C1)C(F)(F)F. The lowest BCUT2D eigenvalue weighted by Gasteiger charge is -2.30. The molecule has 0 amide bonds. The van der Waals surface area contributed by atoms with Gasteiger partial charge in [0.25, 0.3) is 0 Å². The van der Waals surface area contributed by atoms with Gasteiger partial charge in [-0.3, -0.25) is 0 Å². The third kappa shape index (κ3) is 3.59. The molecule has 1 fully saturated rings. The number of nitrogens with zero attached hydrogens (tertiary/aromatic N) is 1. The standard InChI is InChI=1S/C6H6F5NO3/c7-5(8)3-12(1-2-14-5)15-4(13)6(9,10)11/h1-3H2. The highest BCUT2D eigenvalue weighted by Crippen LogP contribution is 2.23. The van der Waals surface area contributed by atoms with Gasteiger partial charge in [-0.1, -0.05) is 0 Å². The molecule has 1 aliphatic heterocycles. The summed E-state index contributed by atoms with van der Waals surface area (Å²) in [7, 11) is 0. The summed E-state index contributed by atoms with van der Waals surface area (Å²) in [5, 5.41) is 0.222. The van der Waals surface area contributed by atoms with Crippen molar-refractivity contribution in [2.24, 2.45) is 0 Å². The molecule has 15 heavy (non-hydrogen) atoms. The maximum absolute atomic E-state index is 12.5. The van der Waals surface area contributed by atoms with E-state index in [0.29, 0.717) is 0 Å². The van der Waals surface area contributed by atoms with E-state index in [1.807, 2.05) is 0 Å². The summed E-state index contributed by atoms with van der Waals surface area (Å²) in [4.78, 5) is 14.0. The van der Waals surface area contributed by atoms with Gasteiger partial charge in [0.2, 0.25) is 0 Å². The van der Waals surface area contributed by atoms with Gasteiger partial charge in [-0.15, -0.1) is 5.06 Å². The van der Waals surface area contributed by atoms with Crippen LogP contribution in [-0.4, -0.2) is 43.0 Å². The lowest BCUT2D eigenvalue weighted by Crippen LogP contribution is -2.48. The molecule has 0 aromatic rings. The Bertz CT molecular complexity index is 254. The van der Waals surface area contributed by atoms with Crippen LogP contribution in [0.2, 0.25) is 0 Å². The van der Waals surface area contributed by atoms with Crippen molar-refractivity contribution in [3.8, 4) is 0 Å². The first-order chi connectivity index (χ1) is 6.71. The summed E-state index contributed by atoms with van der Waals surface area (Å²) >= 11 is 0. The van der Waals surface area contributed by atoms with E-state index in [9.17, 15) is 26.7 Å². The molecule has 4 nitrogen and oxygen atoms in total. The maximum atomic E-state index is 12.5. The summed E-state index contributed by atoms with van der Waals surface area (Å²) in [6.07, 6.45) is -8.81. The minimum Gasteiger partial charge on any atom is -0.360 e. The van der Waals surface area contributed by atoms with Gasteiger partial charge in [0.1, 0.15) is 6.54 Å². The van der Waals surface area contributed by atoms with Crippen LogP contribution in [0, 0.1) is 0 Å². The molecule has 1 saturated heterocycles. The fourth-order valence-corrected chi connectivity index (χ4v) is 0.874. The van der Waals surface area contributed by atoms with Gasteiger partial charge in [-0.05, 0) is 0 Å². The average molecular weight is 235 g/mol. The van der Waals surface area contributed by atoms with Crippen LogP contribution in [0.3, 0.4) is 0 Å². The molecular formula is C6H6F5NO3. The smallest absolute Gasteiger partial charge is 0.360 e. The van der Waals surface area contributed by atoms with Crippen molar-refractivity contribution in [3.05, 3.63) is 0 Å². The van der Waals surface area contributed by atoms with Crippen LogP contribution in [0.4, 0.5) is 22.0 Å². The largest absolute Gasteiger partial charge is 0.492 e. The van der Waals surface area contributed by atoms with Gasteiger partial charge in [0, 0.05) is 0 Å². The van der Waals surface area contributed by atoms with Gasteiger partial charge in [-0.25, -0.2) is 4.79 Å². The minimum absolute atomic E-state index is 0.222. The number of hydroxylamine groups is 2. The molecule has 0 saturated carbocycles. The fourth-order valence-electron chi connectivity index (χ4n) is 0.874. The van der Waals surface area contributed by atoms with Crippen LogP contribution in [-0.2, 0) is 14.4 Å². The van der Waals surface area contributed by atoms with E-state index >= 15 is 0 Å². The Morgan fingerprint density at radius 2 is 2.00 bits per heavy atom. The molecule has 0 N–H and O–H groups in total. The van der Waals surface area contributed by atoms with E-state index in [1.165, 1.54) is 0 Å². The van der Waals surface area contributed by atoms with Crippen molar-refractivity contribution in [1.82, 2.24) is 5.06 Å². The van der Waals surface area contributed by atoms with Crippen LogP contribution < -0.4 is 0 Å². The highest BCUT2D eigenvalue weighted by Gasteiger charge is 2.45. The number of alkyl halides is 5. The molecular weight excluding hydrogens is 229 g/mol. The molecule has 0 atom stereocenters. The van der Waals surface area contributed by atoms with Gasteiger partial charge in [0.15, 0.2) is 0 Å². The summed E-state index contributed by atoms with van der Waals surface area (Å²) in [5.41, 5.74) is 0. The van der Waals surface area contributed by atoms with Crippen LogP contribution in [0.15, 0.2) is 0 Å². The number of ether oxygens (including phenoxy) is 1. The summed E-state index contributed by atoms with van der Waals surface area (Å²) < 4.78 is 63.9. The zero-order chi connectivity index (χ0) is 11.7. The van der Waals surface area contributed by atoms with Gasteiger partial charge < -0.3 is 9.57 Å². The number of hydrogen-bond acceptors (Lipinski definition) is 4. The molecule has 1 aliphatic rings. The van der Waals surface area contributed by atoms with Crippen molar-refractivity contribution in [2.75, 3.05) is 19.7 Å². The molecule has 0 aromatic heterocycles. The monoisotopic (exact) mass is 235 g/mol. The van der Waals surface area contributed by atoms with Gasteiger partial charge in [0.05, 0.1) is 13.2 Å². The first kappa shape index (κ1) is 12.1. The minimum atomic E-state index is -5.20. The lowest BCUT2D eigenvalue weighted by molar-refractivity contribution is -0.323. The maximum Gasteiger partial charge on any atom is 0.492 e. The highest BCUT2D eigenvalue weighted by atomic mass is 19.4. The average Bonchev–Trinajstić information content (AvgIpc) is 2.00. The summed E-state index contributed by atoms with van der Waals surface area (Å²) in [5.74, 6) is -2.53. The number of hydrogen-bond donors (Lipinski definition) is 0. The zero-order valence-electron chi connectivity index (χ0n) is 7.18. The normalized spacial score (nSPS) is 22.5. The van der Waals surface area contributed by atoms with E-state index in [1.54, 1.807) is 0 Å². The molecule has 88 valence electrons. The van der Waals surface area contributed by atoms with E-state index in [2.05, 4.69) is 9.57 Å². The van der Waals surface area contributed by atoms with Crippen LogP contribution >= 0.6 is 0 Å². The van der Waals surface area contributed by atoms with Crippen LogP contribution in [0.1, 0.15) is 0 Å². The molecule has 0 aliphatic carbocycles. The number of carbonyl (C=O) groups is 1. The van der Waals surface area contributed by atoms with Crippen molar-refractivity contribution in [2.45, 2.75) is 12.3 Å². The second kappa shape index (κ2) is 3.89. The van der Waals surface area contributed by atoms with Crippen LogP contribution in [0.25, 0.3) is 0 Å². The van der Waals surface area contributed by atoms with Crippen molar-refractivity contribution in [3.63, 3.8) is 0 Å². The van der Waals surface area contributed by atoms with Crippen molar-refractivity contribution >= 4 is 5.97 Å². The Morgan fingerprint density at radius 1 is 1.40 bits per heavy atom. The predicted octanol–water partition coefficient (Wildman–Crippen LogP) is 0.932. The summed E-state index contributed by atoms with van der Waals surface area (Å²) in [6, 6.07) is 0. The highest BCUT2D eigenvalue weighted by molar-refractivity contribution is 5.75. The Morgan fingerprint density at radius 3 is 2.47 bits per heavy atom. The zero-order valence-corrected chi connectivity index (χ0v) is 7.18. The number of carbonyl (C=O) groups excluding carboxylic acids is 1. The third-order valence-corrected chi connectivity index (χ3v) is 1.46. The van der Waals surface area contributed by atoms with Gasteiger partial charge in [-0.2, -0.15) is 22.0 Å². The molecule has 0 unspecified atom stereocenters. The molecule has 0 spiro atoms. The first-order valence-electron chi connectivity index (χ1n) is 3.76. The Labute approximate surface area is 80.5 Å². The van der Waals surface area contributed by atoms with E-state index in [-0.39, 0.29) is 11.6 Å². The molecule has 1 heterocycles. The van der Waals surface area contributed by atoms with E-state index in [0.717, 1.165) is 0 Å². The Balaban J connectivity index is 2.49. The Hall–Kier alpha value is -0.960. The second-order valence-corrected chi connectivity index (χ2v) is 2.73. The second-order valence-electron chi connectivity index (χ2n) is 2.73. The number of halogens is 5. The third-order valence-electron chi connectivity index (χ3n) is 1.46. The van der Waals surface area contributed by atoms with Crippen LogP contribution in [0.5, 0.6) is 0 Å². The lowest BCUT2D eigenvalue weighted by atomic mass is 10.5. The predicted molar refractivity (Wildman–Crippen MR) is 34.6 cm³/mol. The van der Waals surface area contributed by atoms with E-state index in [4.69, 9.17) is 0 Å². The fraction of sp³-hybridized carbons (Fsp3) is 0.833. The molecule has 0 bridgehead atoms. The Kier molecular flexibility index (Phi) is 3.14. The molecule has 0 aromatic carbocycles. The van der Waals surface area contributed by atoms with Gasteiger partial charge >= 0.3 is 18.3 Å². The molecule has 0 radical (unpaired) electrons. The quantitative estimate of drug-likeness (QED) is 0.634. The van der Waals surface area contributed by atoms with E-state index < -0.39 is 31.4 Å². The molecule has 1 rings (SSSR count). The summed E-state index contributed by atoms with van der Waals surface area (Å²) in [6.45, 7) is -2.07. The van der Waals surface area contributed by atoms with Crippen molar-refractivity contribution < 1.29 is 36.3 Å². The number of rotatable bonds is 1. The van der Waals surface area contributed by atoms with Crippen molar-refractivity contribution in [1.29, 1.82) is 0 Å².